The Kier molecular flexibility index (Phi) is 10.1. The van der Waals surface area contributed by atoms with Gasteiger partial charge in [-0.05, 0) is 31.4 Å². The second-order valence-electron chi connectivity index (χ2n) is 8.18. The third-order valence-corrected chi connectivity index (χ3v) is 4.74. The normalized spacial score (nSPS) is 13.9. The summed E-state index contributed by atoms with van der Waals surface area (Å²) in [6.07, 6.45) is 0.533. The molecule has 0 saturated carbocycles. The number of nitriles is 1. The van der Waals surface area contributed by atoms with Crippen LogP contribution in [0.5, 0.6) is 0 Å². The molecule has 0 saturated heterocycles. The van der Waals surface area contributed by atoms with Crippen molar-refractivity contribution in [2.75, 3.05) is 13.2 Å². The molecule has 0 radical (unpaired) electrons. The Morgan fingerprint density at radius 2 is 1.73 bits per heavy atom. The Morgan fingerprint density at radius 3 is 2.27 bits per heavy atom. The number of aliphatic imine (C=N–C) groups is 1. The molecule has 2 rings (SSSR count). The van der Waals surface area contributed by atoms with Crippen molar-refractivity contribution < 1.29 is 9.53 Å². The third kappa shape index (κ3) is 9.19. The van der Waals surface area contributed by atoms with Crippen molar-refractivity contribution in [1.29, 1.82) is 5.26 Å². The number of amidine groups is 1. The zero-order valence-electron chi connectivity index (χ0n) is 19.0. The van der Waals surface area contributed by atoms with Gasteiger partial charge in [-0.25, -0.2) is 0 Å². The lowest BCUT2D eigenvalue weighted by atomic mass is 10.0. The van der Waals surface area contributed by atoms with Crippen molar-refractivity contribution in [2.45, 2.75) is 38.5 Å². The van der Waals surface area contributed by atoms with E-state index in [9.17, 15) is 10.1 Å². The van der Waals surface area contributed by atoms with E-state index < -0.39 is 17.5 Å². The Morgan fingerprint density at radius 1 is 1.12 bits per heavy atom. The van der Waals surface area contributed by atoms with Gasteiger partial charge in [-0.2, -0.15) is 5.26 Å². The van der Waals surface area contributed by atoms with Crippen molar-refractivity contribution >= 4 is 11.7 Å². The van der Waals surface area contributed by atoms with Crippen LogP contribution in [0.15, 0.2) is 76.0 Å². The molecule has 1 amide bonds. The molecule has 9 nitrogen and oxygen atoms in total. The number of rotatable bonds is 11. The Labute approximate surface area is 194 Å². The van der Waals surface area contributed by atoms with Crippen molar-refractivity contribution in [2.24, 2.45) is 32.8 Å². The van der Waals surface area contributed by atoms with E-state index in [2.05, 4.69) is 26.7 Å². The summed E-state index contributed by atoms with van der Waals surface area (Å²) in [4.78, 5) is 17.0. The molecule has 0 spiro atoms. The third-order valence-electron chi connectivity index (χ3n) is 4.74. The first-order valence-electron chi connectivity index (χ1n) is 10.6. The molecule has 0 aromatic heterocycles. The summed E-state index contributed by atoms with van der Waals surface area (Å²) >= 11 is 0. The Bertz CT molecular complexity index is 964. The van der Waals surface area contributed by atoms with E-state index in [-0.39, 0.29) is 24.9 Å². The lowest BCUT2D eigenvalue weighted by molar-refractivity contribution is -0.125. The molecule has 1 unspecified atom stereocenters. The summed E-state index contributed by atoms with van der Waals surface area (Å²) in [6.45, 7) is 3.76. The van der Waals surface area contributed by atoms with Crippen LogP contribution in [0.1, 0.15) is 25.0 Å². The fourth-order valence-electron chi connectivity index (χ4n) is 2.92. The predicted octanol–water partition coefficient (Wildman–Crippen LogP) is 2.53. The summed E-state index contributed by atoms with van der Waals surface area (Å²) in [7, 11) is 0. The number of carbonyl (C=O) groups excluding carboxylic acids is 1. The number of hydrogen-bond acceptors (Lipinski definition) is 6. The summed E-state index contributed by atoms with van der Waals surface area (Å²) in [5.41, 5.74) is 6.83. The predicted molar refractivity (Wildman–Crippen MR) is 127 cm³/mol. The molecule has 174 valence electrons. The summed E-state index contributed by atoms with van der Waals surface area (Å²) in [5.74, 6) is 4.67. The van der Waals surface area contributed by atoms with Crippen LogP contribution in [0.4, 0.5) is 0 Å². The molecule has 2 atom stereocenters. The smallest absolute Gasteiger partial charge is 0.240 e. The highest BCUT2D eigenvalue weighted by Gasteiger charge is 2.27. The number of nitrogens with two attached hydrogens (primary N) is 2. The average Bonchev–Trinajstić information content (AvgIpc) is 2.81. The summed E-state index contributed by atoms with van der Waals surface area (Å²) < 4.78 is 5.81. The van der Waals surface area contributed by atoms with Gasteiger partial charge < -0.3 is 21.6 Å². The van der Waals surface area contributed by atoms with E-state index in [4.69, 9.17) is 16.3 Å². The second kappa shape index (κ2) is 13.1. The lowest BCUT2D eigenvalue weighted by Crippen LogP contribution is -2.55. The molecular weight excluding hydrogens is 418 g/mol. The van der Waals surface area contributed by atoms with Gasteiger partial charge in [-0.1, -0.05) is 65.9 Å². The minimum atomic E-state index is -1.12. The fourth-order valence-corrected chi connectivity index (χ4v) is 2.92. The number of nitrogens with zero attached hydrogens (tertiary/aromatic N) is 4. The van der Waals surface area contributed by atoms with Gasteiger partial charge in [-0.15, -0.1) is 5.11 Å². The maximum absolute atomic E-state index is 12.5. The number of ether oxygens (including phenoxy) is 1. The van der Waals surface area contributed by atoms with Gasteiger partial charge >= 0.3 is 0 Å². The number of amides is 1. The molecular formula is C24H31N7O2. The van der Waals surface area contributed by atoms with Gasteiger partial charge in [0.1, 0.15) is 6.04 Å². The SMILES string of the molecule is CC(C)(N)C(=O)N[C@H](COCc1ccccc1)C(N=NN)=NCC(C#N)Cc1ccccc1. The molecule has 5 N–H and O–H groups in total. The number of benzene rings is 2. The van der Waals surface area contributed by atoms with Gasteiger partial charge in [0.25, 0.3) is 0 Å². The average molecular weight is 450 g/mol. The highest BCUT2D eigenvalue weighted by Crippen LogP contribution is 2.10. The molecule has 0 aliphatic heterocycles. The monoisotopic (exact) mass is 449 g/mol. The Balaban J connectivity index is 2.16. The first kappa shape index (κ1) is 25.6. The second-order valence-corrected chi connectivity index (χ2v) is 8.18. The van der Waals surface area contributed by atoms with Crippen LogP contribution in [-0.2, 0) is 22.6 Å². The van der Waals surface area contributed by atoms with Crippen LogP contribution in [0, 0.1) is 17.2 Å². The van der Waals surface area contributed by atoms with E-state index in [1.807, 2.05) is 60.7 Å². The minimum Gasteiger partial charge on any atom is -0.374 e. The summed E-state index contributed by atoms with van der Waals surface area (Å²) in [6, 6.07) is 20.8. The van der Waals surface area contributed by atoms with Crippen molar-refractivity contribution in [3.63, 3.8) is 0 Å². The molecule has 33 heavy (non-hydrogen) atoms. The van der Waals surface area contributed by atoms with Crippen LogP contribution in [0.2, 0.25) is 0 Å². The molecule has 9 heteroatoms. The standard InChI is InChI=1S/C24H31N7O2/c1-24(2,26)23(32)29-21(17-33-16-19-11-7-4-8-12-19)22(30-31-27)28-15-20(14-25)13-18-9-5-3-6-10-18/h3-12,20-21H,13,15-17,26H2,1-2H3,(H,29,32)(H2,27,28,30)/t20?,21-/m1/s1. The van der Waals surface area contributed by atoms with E-state index in [1.165, 1.54) is 0 Å². The maximum Gasteiger partial charge on any atom is 0.240 e. The van der Waals surface area contributed by atoms with Gasteiger partial charge in [0.05, 0.1) is 37.3 Å². The lowest BCUT2D eigenvalue weighted by Gasteiger charge is -2.24. The molecule has 0 heterocycles. The number of hydrogen-bond donors (Lipinski definition) is 3. The molecule has 0 bridgehead atoms. The van der Waals surface area contributed by atoms with Crippen LogP contribution in [-0.4, -0.2) is 36.5 Å². The van der Waals surface area contributed by atoms with E-state index >= 15 is 0 Å². The molecule has 2 aromatic rings. The van der Waals surface area contributed by atoms with Crippen molar-refractivity contribution in [1.82, 2.24) is 5.32 Å². The van der Waals surface area contributed by atoms with E-state index in [0.717, 1.165) is 11.1 Å². The zero-order chi connectivity index (χ0) is 24.1. The molecule has 0 fully saturated rings. The maximum atomic E-state index is 12.5. The van der Waals surface area contributed by atoms with Crippen LogP contribution in [0.25, 0.3) is 0 Å². The Hall–Kier alpha value is -3.61. The quantitative estimate of drug-likeness (QED) is 0.158. The zero-order valence-corrected chi connectivity index (χ0v) is 19.0. The van der Waals surface area contributed by atoms with Crippen LogP contribution in [0.3, 0.4) is 0 Å². The first-order chi connectivity index (χ1) is 15.8. The van der Waals surface area contributed by atoms with Gasteiger partial charge in [0.2, 0.25) is 5.91 Å². The highest BCUT2D eigenvalue weighted by atomic mass is 16.5. The van der Waals surface area contributed by atoms with E-state index in [0.29, 0.717) is 13.0 Å². The van der Waals surface area contributed by atoms with E-state index in [1.54, 1.807) is 13.8 Å². The minimum absolute atomic E-state index is 0.0739. The molecule has 2 aromatic carbocycles. The largest absolute Gasteiger partial charge is 0.374 e. The van der Waals surface area contributed by atoms with Crippen LogP contribution >= 0.6 is 0 Å². The molecule has 0 aliphatic rings. The fraction of sp³-hybridized carbons (Fsp3) is 0.375. The van der Waals surface area contributed by atoms with Gasteiger partial charge in [0.15, 0.2) is 5.84 Å². The number of carbonyl (C=O) groups is 1. The van der Waals surface area contributed by atoms with Crippen molar-refractivity contribution in [3.05, 3.63) is 71.8 Å². The topological polar surface area (TPSA) is 151 Å². The van der Waals surface area contributed by atoms with Gasteiger partial charge in [0, 0.05) is 0 Å². The number of nitrogens with one attached hydrogen (secondary N) is 1. The van der Waals surface area contributed by atoms with Crippen LogP contribution < -0.4 is 16.9 Å². The first-order valence-corrected chi connectivity index (χ1v) is 10.6. The highest BCUT2D eigenvalue weighted by molar-refractivity contribution is 5.94. The van der Waals surface area contributed by atoms with Gasteiger partial charge in [-0.3, -0.25) is 9.79 Å². The summed E-state index contributed by atoms with van der Waals surface area (Å²) in [5, 5.41) is 19.6. The van der Waals surface area contributed by atoms with Crippen molar-refractivity contribution in [3.8, 4) is 6.07 Å². The molecule has 0 aliphatic carbocycles.